The lowest BCUT2D eigenvalue weighted by Gasteiger charge is -2.27. The molecule has 0 aliphatic carbocycles. The molecule has 1 aromatic rings. The SMILES string of the molecule is CCCN1C[C@@H](NC(=O)C(C)(C)n2cccc2)CC1=O. The topological polar surface area (TPSA) is 54.3 Å². The molecule has 0 aromatic carbocycles. The molecule has 1 aliphatic rings. The van der Waals surface area contributed by atoms with Gasteiger partial charge in [-0.25, -0.2) is 0 Å². The summed E-state index contributed by atoms with van der Waals surface area (Å²) in [6, 6.07) is 3.73. The Bertz CT molecular complexity index is 479. The van der Waals surface area contributed by atoms with Gasteiger partial charge < -0.3 is 14.8 Å². The van der Waals surface area contributed by atoms with Crippen molar-refractivity contribution >= 4 is 11.8 Å². The Morgan fingerprint density at radius 3 is 2.65 bits per heavy atom. The Balaban J connectivity index is 1.97. The van der Waals surface area contributed by atoms with Gasteiger partial charge >= 0.3 is 0 Å². The molecule has 2 heterocycles. The van der Waals surface area contributed by atoms with E-state index < -0.39 is 5.54 Å². The first-order valence-electron chi connectivity index (χ1n) is 7.17. The predicted molar refractivity (Wildman–Crippen MR) is 77.2 cm³/mol. The molecule has 20 heavy (non-hydrogen) atoms. The number of carbonyl (C=O) groups excluding carboxylic acids is 2. The van der Waals surface area contributed by atoms with Crippen molar-refractivity contribution < 1.29 is 9.59 Å². The van der Waals surface area contributed by atoms with Gasteiger partial charge in [-0.3, -0.25) is 9.59 Å². The number of amides is 2. The van der Waals surface area contributed by atoms with Crippen LogP contribution in [0.25, 0.3) is 0 Å². The molecule has 0 unspecified atom stereocenters. The van der Waals surface area contributed by atoms with Crippen LogP contribution in [0.15, 0.2) is 24.5 Å². The maximum absolute atomic E-state index is 12.4. The highest BCUT2D eigenvalue weighted by atomic mass is 16.2. The molecule has 1 aliphatic heterocycles. The monoisotopic (exact) mass is 277 g/mol. The first kappa shape index (κ1) is 14.6. The predicted octanol–water partition coefficient (Wildman–Crippen LogP) is 1.35. The normalized spacial score (nSPS) is 19.4. The summed E-state index contributed by atoms with van der Waals surface area (Å²) >= 11 is 0. The third-order valence-electron chi connectivity index (χ3n) is 3.85. The van der Waals surface area contributed by atoms with E-state index in [-0.39, 0.29) is 17.9 Å². The van der Waals surface area contributed by atoms with Crippen LogP contribution < -0.4 is 5.32 Å². The van der Waals surface area contributed by atoms with Crippen molar-refractivity contribution in [2.75, 3.05) is 13.1 Å². The minimum absolute atomic E-state index is 0.0511. The molecular formula is C15H23N3O2. The van der Waals surface area contributed by atoms with E-state index in [2.05, 4.69) is 5.32 Å². The minimum Gasteiger partial charge on any atom is -0.349 e. The molecule has 1 atom stereocenters. The number of hydrogen-bond acceptors (Lipinski definition) is 2. The van der Waals surface area contributed by atoms with Crippen molar-refractivity contribution in [3.63, 3.8) is 0 Å². The van der Waals surface area contributed by atoms with Crippen LogP contribution in [0.2, 0.25) is 0 Å². The summed E-state index contributed by atoms with van der Waals surface area (Å²) in [5.74, 6) is 0.0840. The lowest BCUT2D eigenvalue weighted by molar-refractivity contribution is -0.129. The average molecular weight is 277 g/mol. The zero-order valence-corrected chi connectivity index (χ0v) is 12.4. The fourth-order valence-electron chi connectivity index (χ4n) is 2.54. The van der Waals surface area contributed by atoms with Crippen LogP contribution in [0.4, 0.5) is 0 Å². The summed E-state index contributed by atoms with van der Waals surface area (Å²) < 4.78 is 1.88. The second-order valence-electron chi connectivity index (χ2n) is 5.86. The van der Waals surface area contributed by atoms with Crippen molar-refractivity contribution in [1.29, 1.82) is 0 Å². The van der Waals surface area contributed by atoms with E-state index >= 15 is 0 Å². The van der Waals surface area contributed by atoms with Gasteiger partial charge in [0.2, 0.25) is 11.8 Å². The third-order valence-corrected chi connectivity index (χ3v) is 3.85. The molecule has 1 saturated heterocycles. The van der Waals surface area contributed by atoms with Crippen LogP contribution in [-0.2, 0) is 15.1 Å². The summed E-state index contributed by atoms with van der Waals surface area (Å²) in [6.07, 6.45) is 5.11. The molecule has 0 saturated carbocycles. The Kier molecular flexibility index (Phi) is 4.16. The Morgan fingerprint density at radius 2 is 2.05 bits per heavy atom. The molecule has 2 amide bonds. The quantitative estimate of drug-likeness (QED) is 0.883. The van der Waals surface area contributed by atoms with Crippen LogP contribution in [0.5, 0.6) is 0 Å². The van der Waals surface area contributed by atoms with Crippen LogP contribution >= 0.6 is 0 Å². The number of nitrogens with zero attached hydrogens (tertiary/aromatic N) is 2. The van der Waals surface area contributed by atoms with Crippen LogP contribution in [-0.4, -0.2) is 40.4 Å². The highest BCUT2D eigenvalue weighted by molar-refractivity contribution is 5.86. The van der Waals surface area contributed by atoms with E-state index in [1.165, 1.54) is 0 Å². The van der Waals surface area contributed by atoms with Gasteiger partial charge in [-0.2, -0.15) is 0 Å². The van der Waals surface area contributed by atoms with Gasteiger partial charge in [-0.15, -0.1) is 0 Å². The molecule has 110 valence electrons. The first-order valence-corrected chi connectivity index (χ1v) is 7.17. The molecule has 0 bridgehead atoms. The van der Waals surface area contributed by atoms with Crippen LogP contribution in [0, 0.1) is 0 Å². The standard InChI is InChI=1S/C15H23N3O2/c1-4-7-17-11-12(10-13(17)19)16-14(20)15(2,3)18-8-5-6-9-18/h5-6,8-9,12H,4,7,10-11H2,1-3H3,(H,16,20)/t12-/m0/s1. The molecule has 0 radical (unpaired) electrons. The van der Waals surface area contributed by atoms with E-state index in [1.807, 2.05) is 54.8 Å². The van der Waals surface area contributed by atoms with Gasteiger partial charge in [0.15, 0.2) is 0 Å². The van der Waals surface area contributed by atoms with Crippen LogP contribution in [0.3, 0.4) is 0 Å². The Labute approximate surface area is 119 Å². The summed E-state index contributed by atoms with van der Waals surface area (Å²) in [7, 11) is 0. The van der Waals surface area contributed by atoms with E-state index in [0.29, 0.717) is 13.0 Å². The maximum atomic E-state index is 12.4. The second-order valence-corrected chi connectivity index (χ2v) is 5.86. The van der Waals surface area contributed by atoms with Gasteiger partial charge in [0.1, 0.15) is 5.54 Å². The molecular weight excluding hydrogens is 254 g/mol. The zero-order valence-electron chi connectivity index (χ0n) is 12.4. The number of nitrogens with one attached hydrogen (secondary N) is 1. The maximum Gasteiger partial charge on any atom is 0.245 e. The number of rotatable bonds is 5. The fraction of sp³-hybridized carbons (Fsp3) is 0.600. The summed E-state index contributed by atoms with van der Waals surface area (Å²) in [5, 5.41) is 3.00. The van der Waals surface area contributed by atoms with Crippen LogP contribution in [0.1, 0.15) is 33.6 Å². The molecule has 5 heteroatoms. The average Bonchev–Trinajstić information content (AvgIpc) is 3.01. The summed E-state index contributed by atoms with van der Waals surface area (Å²) in [6.45, 7) is 7.20. The van der Waals surface area contributed by atoms with Gasteiger partial charge in [0.05, 0.1) is 6.04 Å². The Hall–Kier alpha value is -1.78. The van der Waals surface area contributed by atoms with Gasteiger partial charge in [-0.05, 0) is 32.4 Å². The lowest BCUT2D eigenvalue weighted by atomic mass is 10.0. The van der Waals surface area contributed by atoms with Gasteiger partial charge in [0, 0.05) is 31.9 Å². The van der Waals surface area contributed by atoms with Crippen molar-refractivity contribution in [2.24, 2.45) is 0 Å². The number of hydrogen-bond donors (Lipinski definition) is 1. The van der Waals surface area contributed by atoms with E-state index in [4.69, 9.17) is 0 Å². The van der Waals surface area contributed by atoms with Crippen molar-refractivity contribution in [3.8, 4) is 0 Å². The highest BCUT2D eigenvalue weighted by Crippen LogP contribution is 2.18. The van der Waals surface area contributed by atoms with Crippen molar-refractivity contribution in [2.45, 2.75) is 45.2 Å². The number of likely N-dealkylation sites (tertiary alicyclic amines) is 1. The largest absolute Gasteiger partial charge is 0.349 e. The number of aromatic nitrogens is 1. The Morgan fingerprint density at radius 1 is 1.40 bits per heavy atom. The van der Waals surface area contributed by atoms with E-state index in [0.717, 1.165) is 13.0 Å². The number of carbonyl (C=O) groups is 2. The molecule has 1 N–H and O–H groups in total. The summed E-state index contributed by atoms with van der Waals surface area (Å²) in [4.78, 5) is 26.1. The molecule has 1 fully saturated rings. The molecule has 0 spiro atoms. The lowest BCUT2D eigenvalue weighted by Crippen LogP contribution is -2.48. The highest BCUT2D eigenvalue weighted by Gasteiger charge is 2.35. The van der Waals surface area contributed by atoms with E-state index in [9.17, 15) is 9.59 Å². The molecule has 1 aromatic heterocycles. The fourth-order valence-corrected chi connectivity index (χ4v) is 2.54. The minimum atomic E-state index is -0.648. The molecule has 5 nitrogen and oxygen atoms in total. The summed E-state index contributed by atoms with van der Waals surface area (Å²) in [5.41, 5.74) is -0.648. The van der Waals surface area contributed by atoms with E-state index in [1.54, 1.807) is 0 Å². The van der Waals surface area contributed by atoms with Crippen molar-refractivity contribution in [3.05, 3.63) is 24.5 Å². The smallest absolute Gasteiger partial charge is 0.245 e. The molecule has 2 rings (SSSR count). The second kappa shape index (κ2) is 5.69. The van der Waals surface area contributed by atoms with Gasteiger partial charge in [0.25, 0.3) is 0 Å². The third kappa shape index (κ3) is 2.86. The van der Waals surface area contributed by atoms with Crippen molar-refractivity contribution in [1.82, 2.24) is 14.8 Å². The van der Waals surface area contributed by atoms with Gasteiger partial charge in [-0.1, -0.05) is 6.92 Å². The zero-order chi connectivity index (χ0) is 14.8. The first-order chi connectivity index (χ1) is 9.45.